The Hall–Kier alpha value is -3.06. The molecule has 0 radical (unpaired) electrons. The number of nitrogens with one attached hydrogen (secondary N) is 1. The molecule has 0 aliphatic heterocycles. The molecule has 7 heteroatoms. The van der Waals surface area contributed by atoms with Crippen LogP contribution in [0.25, 0.3) is 11.3 Å². The Kier molecular flexibility index (Phi) is 5.61. The first-order valence-electron chi connectivity index (χ1n) is 8.59. The summed E-state index contributed by atoms with van der Waals surface area (Å²) >= 11 is 1.32. The normalized spacial score (nSPS) is 11.8. The molecule has 1 amide bonds. The average molecular weight is 381 g/mol. The smallest absolute Gasteiger partial charge is 0.270 e. The van der Waals surface area contributed by atoms with Crippen molar-refractivity contribution < 1.29 is 9.72 Å². The third-order valence-electron chi connectivity index (χ3n) is 4.43. The van der Waals surface area contributed by atoms with E-state index in [9.17, 15) is 14.9 Å². The van der Waals surface area contributed by atoms with Gasteiger partial charge in [-0.2, -0.15) is 0 Å². The number of hydrogen-bond acceptors (Lipinski definition) is 5. The van der Waals surface area contributed by atoms with Crippen molar-refractivity contribution in [2.24, 2.45) is 0 Å². The van der Waals surface area contributed by atoms with E-state index in [0.29, 0.717) is 11.0 Å². The van der Waals surface area contributed by atoms with Gasteiger partial charge in [-0.25, -0.2) is 4.98 Å². The van der Waals surface area contributed by atoms with Gasteiger partial charge in [0.25, 0.3) is 11.6 Å². The van der Waals surface area contributed by atoms with Gasteiger partial charge in [-0.15, -0.1) is 11.3 Å². The van der Waals surface area contributed by atoms with Crippen molar-refractivity contribution in [3.8, 4) is 11.3 Å². The lowest BCUT2D eigenvalue weighted by molar-refractivity contribution is -0.384. The second-order valence-corrected chi connectivity index (χ2v) is 7.09. The Morgan fingerprint density at radius 1 is 1.26 bits per heavy atom. The lowest BCUT2D eigenvalue weighted by Crippen LogP contribution is -2.11. The molecule has 138 valence electrons. The molecule has 3 rings (SSSR count). The summed E-state index contributed by atoms with van der Waals surface area (Å²) in [6.07, 6.45) is 1.09. The summed E-state index contributed by atoms with van der Waals surface area (Å²) in [5.41, 5.74) is 3.15. The van der Waals surface area contributed by atoms with E-state index < -0.39 is 10.8 Å². The monoisotopic (exact) mass is 381 g/mol. The molecule has 0 saturated carbocycles. The van der Waals surface area contributed by atoms with Crippen LogP contribution in [0.1, 0.15) is 42.1 Å². The molecule has 0 aliphatic carbocycles. The highest BCUT2D eigenvalue weighted by Gasteiger charge is 2.14. The molecule has 2 aromatic carbocycles. The maximum Gasteiger partial charge on any atom is 0.270 e. The quantitative estimate of drug-likeness (QED) is 0.452. The fraction of sp³-hybridized carbons (Fsp3) is 0.200. The highest BCUT2D eigenvalue weighted by atomic mass is 32.1. The Morgan fingerprint density at radius 2 is 2.00 bits per heavy atom. The van der Waals surface area contributed by atoms with Gasteiger partial charge in [-0.3, -0.25) is 20.2 Å². The summed E-state index contributed by atoms with van der Waals surface area (Å²) in [5, 5.41) is 15.9. The predicted molar refractivity (Wildman–Crippen MR) is 107 cm³/mol. The average Bonchev–Trinajstić information content (AvgIpc) is 3.16. The Balaban J connectivity index is 1.73. The van der Waals surface area contributed by atoms with Gasteiger partial charge in [0, 0.05) is 28.6 Å². The molecule has 1 atom stereocenters. The fourth-order valence-electron chi connectivity index (χ4n) is 2.61. The number of nitrogens with zero attached hydrogens (tertiary/aromatic N) is 2. The van der Waals surface area contributed by atoms with Crippen molar-refractivity contribution in [1.29, 1.82) is 0 Å². The molecule has 0 spiro atoms. The summed E-state index contributed by atoms with van der Waals surface area (Å²) in [6.45, 7) is 4.36. The van der Waals surface area contributed by atoms with Gasteiger partial charge in [-0.05, 0) is 24.0 Å². The van der Waals surface area contributed by atoms with E-state index in [1.807, 2.05) is 17.5 Å². The molecule has 1 N–H and O–H groups in total. The highest BCUT2D eigenvalue weighted by molar-refractivity contribution is 7.14. The van der Waals surface area contributed by atoms with Crippen LogP contribution in [-0.2, 0) is 0 Å². The highest BCUT2D eigenvalue weighted by Crippen LogP contribution is 2.27. The minimum absolute atomic E-state index is 0.121. The number of non-ortho nitro benzene ring substituents is 1. The molecule has 27 heavy (non-hydrogen) atoms. The summed E-state index contributed by atoms with van der Waals surface area (Å²) in [7, 11) is 0. The van der Waals surface area contributed by atoms with Gasteiger partial charge < -0.3 is 0 Å². The minimum Gasteiger partial charge on any atom is -0.298 e. The van der Waals surface area contributed by atoms with E-state index in [1.165, 1.54) is 41.2 Å². The first kappa shape index (κ1) is 18.7. The van der Waals surface area contributed by atoms with Gasteiger partial charge in [0.15, 0.2) is 5.13 Å². The second-order valence-electron chi connectivity index (χ2n) is 6.23. The van der Waals surface area contributed by atoms with Crippen molar-refractivity contribution >= 4 is 28.1 Å². The number of rotatable bonds is 6. The van der Waals surface area contributed by atoms with Crippen LogP contribution in [0, 0.1) is 10.1 Å². The van der Waals surface area contributed by atoms with Crippen LogP contribution in [0.2, 0.25) is 0 Å². The van der Waals surface area contributed by atoms with Crippen molar-refractivity contribution in [1.82, 2.24) is 4.98 Å². The molecular formula is C20H19N3O3S. The predicted octanol–water partition coefficient (Wildman–Crippen LogP) is 5.48. The van der Waals surface area contributed by atoms with E-state index in [1.54, 1.807) is 0 Å². The summed E-state index contributed by atoms with van der Waals surface area (Å²) in [6, 6.07) is 13.9. The van der Waals surface area contributed by atoms with Gasteiger partial charge in [-0.1, -0.05) is 44.2 Å². The molecule has 0 saturated heterocycles. The largest absolute Gasteiger partial charge is 0.298 e. The molecule has 1 heterocycles. The van der Waals surface area contributed by atoms with Gasteiger partial charge in [0.05, 0.1) is 10.6 Å². The third-order valence-corrected chi connectivity index (χ3v) is 5.19. The molecule has 6 nitrogen and oxygen atoms in total. The van der Waals surface area contributed by atoms with Crippen LogP contribution in [0.5, 0.6) is 0 Å². The van der Waals surface area contributed by atoms with E-state index in [2.05, 4.69) is 36.3 Å². The van der Waals surface area contributed by atoms with E-state index in [-0.39, 0.29) is 11.3 Å². The number of hydrogen-bond donors (Lipinski definition) is 1. The number of carbonyl (C=O) groups is 1. The third kappa shape index (κ3) is 4.38. The number of amides is 1. The lowest BCUT2D eigenvalue weighted by Gasteiger charge is -2.08. The molecule has 1 unspecified atom stereocenters. The number of aromatic nitrogens is 1. The number of anilines is 1. The second kappa shape index (κ2) is 8.09. The number of carbonyl (C=O) groups excluding carboxylic acids is 1. The first-order chi connectivity index (χ1) is 13.0. The zero-order chi connectivity index (χ0) is 19.4. The van der Waals surface area contributed by atoms with Crippen LogP contribution in [-0.4, -0.2) is 15.8 Å². The van der Waals surface area contributed by atoms with Crippen molar-refractivity contribution in [3.05, 3.63) is 75.2 Å². The minimum atomic E-state index is -0.526. The number of nitro benzene ring substituents is 1. The number of nitro groups is 1. The number of benzene rings is 2. The molecule has 0 aliphatic rings. The Morgan fingerprint density at radius 3 is 2.67 bits per heavy atom. The molecule has 0 fully saturated rings. The molecular weight excluding hydrogens is 362 g/mol. The van der Waals surface area contributed by atoms with E-state index >= 15 is 0 Å². The van der Waals surface area contributed by atoms with Crippen LogP contribution >= 0.6 is 11.3 Å². The van der Waals surface area contributed by atoms with Crippen LogP contribution in [0.3, 0.4) is 0 Å². The van der Waals surface area contributed by atoms with Crippen molar-refractivity contribution in [2.75, 3.05) is 5.32 Å². The van der Waals surface area contributed by atoms with Crippen LogP contribution < -0.4 is 5.32 Å². The van der Waals surface area contributed by atoms with E-state index in [4.69, 9.17) is 0 Å². The molecule has 1 aromatic heterocycles. The summed E-state index contributed by atoms with van der Waals surface area (Å²) < 4.78 is 0. The number of thiazole rings is 1. The zero-order valence-corrected chi connectivity index (χ0v) is 15.8. The Labute approximate surface area is 161 Å². The maximum atomic E-state index is 12.3. The standard InChI is InChI=1S/C20H19N3O3S/c1-3-13(2)14-7-9-15(10-8-14)18-12-27-20(21-18)22-19(24)16-5-4-6-17(11-16)23(25)26/h4-13H,3H2,1-2H3,(H,21,22,24). The molecule has 0 bridgehead atoms. The topological polar surface area (TPSA) is 85.1 Å². The summed E-state index contributed by atoms with van der Waals surface area (Å²) in [4.78, 5) is 27.1. The van der Waals surface area contributed by atoms with Crippen LogP contribution in [0.15, 0.2) is 53.9 Å². The summed E-state index contributed by atoms with van der Waals surface area (Å²) in [5.74, 6) is 0.0889. The Bertz CT molecular complexity index is 967. The van der Waals surface area contributed by atoms with Crippen molar-refractivity contribution in [3.63, 3.8) is 0 Å². The lowest BCUT2D eigenvalue weighted by atomic mass is 9.97. The molecule has 3 aromatic rings. The van der Waals surface area contributed by atoms with Gasteiger partial charge in [0.2, 0.25) is 0 Å². The zero-order valence-electron chi connectivity index (χ0n) is 15.0. The maximum absolute atomic E-state index is 12.3. The van der Waals surface area contributed by atoms with Gasteiger partial charge >= 0.3 is 0 Å². The fourth-order valence-corrected chi connectivity index (χ4v) is 3.33. The van der Waals surface area contributed by atoms with E-state index in [0.717, 1.165) is 17.7 Å². The first-order valence-corrected chi connectivity index (χ1v) is 9.47. The SMILES string of the molecule is CCC(C)c1ccc(-c2csc(NC(=O)c3cccc([N+](=O)[O-])c3)n2)cc1. The van der Waals surface area contributed by atoms with Crippen LogP contribution in [0.4, 0.5) is 10.8 Å². The van der Waals surface area contributed by atoms with Crippen molar-refractivity contribution in [2.45, 2.75) is 26.2 Å². The van der Waals surface area contributed by atoms with Gasteiger partial charge in [0.1, 0.15) is 0 Å².